The summed E-state index contributed by atoms with van der Waals surface area (Å²) in [6.45, 7) is 0. The third kappa shape index (κ3) is 3.41. The number of aromatic nitrogens is 1. The van der Waals surface area contributed by atoms with E-state index >= 15 is 0 Å². The van der Waals surface area contributed by atoms with Gasteiger partial charge in [-0.05, 0) is 24.3 Å². The van der Waals surface area contributed by atoms with Crippen molar-refractivity contribution in [1.82, 2.24) is 4.98 Å². The van der Waals surface area contributed by atoms with E-state index in [1.807, 2.05) is 24.3 Å². The average molecular weight is 162 g/mol. The monoisotopic (exact) mass is 162 g/mol. The predicted molar refractivity (Wildman–Crippen MR) is 47.4 cm³/mol. The maximum absolute atomic E-state index is 5.25. The third-order valence-electron chi connectivity index (χ3n) is 1.11. The first-order chi connectivity index (χ1) is 5.89. The number of nitrogens with zero attached hydrogens (tertiary/aromatic N) is 1. The molecular formula is C9H10N2O. The molecule has 0 spiro atoms. The molecule has 2 N–H and O–H groups in total. The Morgan fingerprint density at radius 2 is 1.83 bits per heavy atom. The minimum atomic E-state index is 0.572. The van der Waals surface area contributed by atoms with Gasteiger partial charge in [0.1, 0.15) is 5.82 Å². The van der Waals surface area contributed by atoms with Gasteiger partial charge >= 0.3 is 0 Å². The first-order valence-electron chi connectivity index (χ1n) is 3.53. The minimum absolute atomic E-state index is 0.572. The van der Waals surface area contributed by atoms with Gasteiger partial charge in [-0.25, -0.2) is 4.98 Å². The predicted octanol–water partition coefficient (Wildman–Crippen LogP) is 1.94. The quantitative estimate of drug-likeness (QED) is 0.644. The lowest BCUT2D eigenvalue weighted by molar-refractivity contribution is 0.567. The first-order valence-corrected chi connectivity index (χ1v) is 3.53. The molecule has 0 aliphatic heterocycles. The van der Waals surface area contributed by atoms with Crippen LogP contribution in [0.4, 0.5) is 5.82 Å². The fraction of sp³-hybridized carbons (Fsp3) is 0. The van der Waals surface area contributed by atoms with Crippen LogP contribution in [0.15, 0.2) is 53.5 Å². The van der Waals surface area contributed by atoms with E-state index in [4.69, 9.17) is 5.73 Å². The Kier molecular flexibility index (Phi) is 3.44. The topological polar surface area (TPSA) is 52.0 Å². The van der Waals surface area contributed by atoms with Gasteiger partial charge in [-0.15, -0.1) is 0 Å². The van der Waals surface area contributed by atoms with E-state index in [0.717, 1.165) is 0 Å². The van der Waals surface area contributed by atoms with Crippen LogP contribution in [0.2, 0.25) is 0 Å². The average Bonchev–Trinajstić information content (AvgIpc) is 2.62. The molecule has 2 heterocycles. The fourth-order valence-electron chi connectivity index (χ4n) is 0.603. The van der Waals surface area contributed by atoms with Gasteiger partial charge < -0.3 is 10.2 Å². The van der Waals surface area contributed by atoms with E-state index in [-0.39, 0.29) is 0 Å². The van der Waals surface area contributed by atoms with Crippen molar-refractivity contribution in [2.24, 2.45) is 0 Å². The Balaban J connectivity index is 0.000000127. The summed E-state index contributed by atoms with van der Waals surface area (Å²) >= 11 is 0. The largest absolute Gasteiger partial charge is 0.473 e. The molecule has 62 valence electrons. The molecule has 12 heavy (non-hydrogen) atoms. The molecule has 2 aromatic heterocycles. The van der Waals surface area contributed by atoms with Crippen molar-refractivity contribution >= 4 is 5.82 Å². The Morgan fingerprint density at radius 1 is 1.08 bits per heavy atom. The summed E-state index contributed by atoms with van der Waals surface area (Å²) in [5, 5.41) is 0. The van der Waals surface area contributed by atoms with Crippen LogP contribution < -0.4 is 5.73 Å². The van der Waals surface area contributed by atoms with Crippen molar-refractivity contribution in [3.8, 4) is 0 Å². The SMILES string of the molecule is Nc1ccccn1.c1ccoc1. The van der Waals surface area contributed by atoms with Gasteiger partial charge in [0.2, 0.25) is 0 Å². The highest BCUT2D eigenvalue weighted by Gasteiger charge is 1.73. The van der Waals surface area contributed by atoms with Crippen molar-refractivity contribution in [1.29, 1.82) is 0 Å². The number of hydrogen-bond donors (Lipinski definition) is 1. The molecule has 0 amide bonds. The summed E-state index contributed by atoms with van der Waals surface area (Å²) in [5.74, 6) is 0.572. The zero-order valence-electron chi connectivity index (χ0n) is 6.55. The maximum Gasteiger partial charge on any atom is 0.123 e. The highest BCUT2D eigenvalue weighted by molar-refractivity contribution is 5.25. The molecule has 3 nitrogen and oxygen atoms in total. The summed E-state index contributed by atoms with van der Waals surface area (Å²) in [6.07, 6.45) is 4.91. The van der Waals surface area contributed by atoms with Gasteiger partial charge in [0.05, 0.1) is 12.5 Å². The van der Waals surface area contributed by atoms with E-state index in [0.29, 0.717) is 5.82 Å². The second kappa shape index (κ2) is 4.96. The number of furan rings is 1. The molecule has 0 atom stereocenters. The lowest BCUT2D eigenvalue weighted by Crippen LogP contribution is -1.85. The van der Waals surface area contributed by atoms with E-state index < -0.39 is 0 Å². The standard InChI is InChI=1S/C5H6N2.C4H4O/c6-5-3-1-2-4-7-5;1-2-4-5-3-1/h1-4H,(H2,6,7);1-4H. The van der Waals surface area contributed by atoms with E-state index in [2.05, 4.69) is 9.40 Å². The highest BCUT2D eigenvalue weighted by Crippen LogP contribution is 1.89. The van der Waals surface area contributed by atoms with Crippen molar-refractivity contribution < 1.29 is 4.42 Å². The Bertz CT molecular complexity index is 261. The van der Waals surface area contributed by atoms with Crippen LogP contribution in [0.1, 0.15) is 0 Å². The lowest BCUT2D eigenvalue weighted by Gasteiger charge is -1.82. The smallest absolute Gasteiger partial charge is 0.123 e. The van der Waals surface area contributed by atoms with Crippen LogP contribution in [0.5, 0.6) is 0 Å². The third-order valence-corrected chi connectivity index (χ3v) is 1.11. The zero-order chi connectivity index (χ0) is 8.65. The van der Waals surface area contributed by atoms with Gasteiger partial charge in [0.15, 0.2) is 0 Å². The summed E-state index contributed by atoms with van der Waals surface area (Å²) < 4.78 is 4.58. The van der Waals surface area contributed by atoms with Gasteiger partial charge in [-0.1, -0.05) is 6.07 Å². The zero-order valence-corrected chi connectivity index (χ0v) is 6.55. The van der Waals surface area contributed by atoms with Crippen LogP contribution in [0, 0.1) is 0 Å². The van der Waals surface area contributed by atoms with Crippen molar-refractivity contribution in [3.05, 3.63) is 49.1 Å². The summed E-state index contributed by atoms with van der Waals surface area (Å²) in [7, 11) is 0. The molecule has 0 unspecified atom stereocenters. The van der Waals surface area contributed by atoms with E-state index in [1.54, 1.807) is 24.8 Å². The Labute approximate surface area is 70.8 Å². The molecular weight excluding hydrogens is 152 g/mol. The first kappa shape index (κ1) is 8.33. The Morgan fingerprint density at radius 3 is 2.08 bits per heavy atom. The second-order valence-corrected chi connectivity index (χ2v) is 2.05. The van der Waals surface area contributed by atoms with Crippen LogP contribution >= 0.6 is 0 Å². The molecule has 0 aromatic carbocycles. The molecule has 0 aliphatic carbocycles. The minimum Gasteiger partial charge on any atom is -0.473 e. The molecule has 0 aliphatic rings. The number of nitrogens with two attached hydrogens (primary N) is 1. The Hall–Kier alpha value is -1.77. The van der Waals surface area contributed by atoms with Crippen molar-refractivity contribution in [2.75, 3.05) is 5.73 Å². The molecule has 0 fully saturated rings. The van der Waals surface area contributed by atoms with Crippen LogP contribution in [0.25, 0.3) is 0 Å². The van der Waals surface area contributed by atoms with Crippen LogP contribution in [-0.2, 0) is 0 Å². The van der Waals surface area contributed by atoms with Crippen LogP contribution in [0.3, 0.4) is 0 Å². The molecule has 3 heteroatoms. The van der Waals surface area contributed by atoms with E-state index in [9.17, 15) is 0 Å². The number of rotatable bonds is 0. The number of pyridine rings is 1. The molecule has 2 aromatic rings. The number of anilines is 1. The molecule has 0 radical (unpaired) electrons. The van der Waals surface area contributed by atoms with Crippen molar-refractivity contribution in [2.45, 2.75) is 0 Å². The van der Waals surface area contributed by atoms with Gasteiger partial charge in [0, 0.05) is 6.20 Å². The second-order valence-electron chi connectivity index (χ2n) is 2.05. The summed E-state index contributed by atoms with van der Waals surface area (Å²) in [4.78, 5) is 3.76. The highest BCUT2D eigenvalue weighted by atomic mass is 16.3. The fourth-order valence-corrected chi connectivity index (χ4v) is 0.603. The molecule has 0 saturated heterocycles. The normalized spacial score (nSPS) is 8.33. The lowest BCUT2D eigenvalue weighted by atomic mass is 10.5. The summed E-state index contributed by atoms with van der Waals surface area (Å²) in [6, 6.07) is 9.10. The van der Waals surface area contributed by atoms with Gasteiger partial charge in [-0.2, -0.15) is 0 Å². The number of nitrogen functional groups attached to an aromatic ring is 1. The van der Waals surface area contributed by atoms with Gasteiger partial charge in [-0.3, -0.25) is 0 Å². The van der Waals surface area contributed by atoms with E-state index in [1.165, 1.54) is 0 Å². The van der Waals surface area contributed by atoms with Crippen molar-refractivity contribution in [3.63, 3.8) is 0 Å². The van der Waals surface area contributed by atoms with Crippen LogP contribution in [-0.4, -0.2) is 4.98 Å². The number of hydrogen-bond acceptors (Lipinski definition) is 3. The summed E-state index contributed by atoms with van der Waals surface area (Å²) in [5.41, 5.74) is 5.25. The van der Waals surface area contributed by atoms with Gasteiger partial charge in [0.25, 0.3) is 0 Å². The molecule has 0 bridgehead atoms. The molecule has 2 rings (SSSR count). The maximum atomic E-state index is 5.25. The molecule has 0 saturated carbocycles.